The topological polar surface area (TPSA) is 26.0 Å². The SMILES string of the molecule is CCc1ccc2ccoc2n1. The number of pyridine rings is 1. The van der Waals surface area contributed by atoms with Crippen molar-refractivity contribution < 1.29 is 4.42 Å². The highest BCUT2D eigenvalue weighted by Crippen LogP contribution is 2.12. The lowest BCUT2D eigenvalue weighted by molar-refractivity contribution is 0.601. The number of aryl methyl sites for hydroxylation is 1. The molecule has 0 saturated carbocycles. The van der Waals surface area contributed by atoms with Gasteiger partial charge in [-0.1, -0.05) is 6.92 Å². The first-order chi connectivity index (χ1) is 5.40. The summed E-state index contributed by atoms with van der Waals surface area (Å²) >= 11 is 0. The van der Waals surface area contributed by atoms with Crippen molar-refractivity contribution in [2.24, 2.45) is 0 Å². The fraction of sp³-hybridized carbons (Fsp3) is 0.222. The Morgan fingerprint density at radius 2 is 2.27 bits per heavy atom. The van der Waals surface area contributed by atoms with E-state index in [9.17, 15) is 0 Å². The Balaban J connectivity index is 2.67. The van der Waals surface area contributed by atoms with Gasteiger partial charge in [0.1, 0.15) is 0 Å². The fourth-order valence-electron chi connectivity index (χ4n) is 1.08. The maximum Gasteiger partial charge on any atom is 0.226 e. The molecule has 0 radical (unpaired) electrons. The van der Waals surface area contributed by atoms with Crippen LogP contribution in [0.2, 0.25) is 0 Å². The molecule has 0 N–H and O–H groups in total. The van der Waals surface area contributed by atoms with Gasteiger partial charge in [0.2, 0.25) is 5.71 Å². The minimum atomic E-state index is 0.740. The minimum Gasteiger partial charge on any atom is -0.446 e. The summed E-state index contributed by atoms with van der Waals surface area (Å²) in [4.78, 5) is 4.29. The van der Waals surface area contributed by atoms with Gasteiger partial charge in [0.25, 0.3) is 0 Å². The second kappa shape index (κ2) is 2.38. The molecule has 0 saturated heterocycles. The quantitative estimate of drug-likeness (QED) is 0.619. The molecule has 2 heteroatoms. The van der Waals surface area contributed by atoms with Crippen molar-refractivity contribution in [3.63, 3.8) is 0 Å². The van der Waals surface area contributed by atoms with E-state index in [0.29, 0.717) is 0 Å². The average molecular weight is 147 g/mol. The Morgan fingerprint density at radius 3 is 3.09 bits per heavy atom. The summed E-state index contributed by atoms with van der Waals surface area (Å²) in [6.45, 7) is 2.08. The molecular formula is C9H9NO. The van der Waals surface area contributed by atoms with Crippen molar-refractivity contribution in [2.45, 2.75) is 13.3 Å². The van der Waals surface area contributed by atoms with E-state index in [1.54, 1.807) is 6.26 Å². The van der Waals surface area contributed by atoms with Crippen LogP contribution < -0.4 is 0 Å². The van der Waals surface area contributed by atoms with Gasteiger partial charge in [0.15, 0.2) is 0 Å². The first-order valence-electron chi connectivity index (χ1n) is 3.73. The van der Waals surface area contributed by atoms with Crippen molar-refractivity contribution in [3.05, 3.63) is 30.2 Å². The molecule has 0 bridgehead atoms. The van der Waals surface area contributed by atoms with Crippen LogP contribution >= 0.6 is 0 Å². The molecule has 0 aliphatic rings. The molecule has 0 atom stereocenters. The maximum atomic E-state index is 5.15. The smallest absolute Gasteiger partial charge is 0.226 e. The number of hydrogen-bond acceptors (Lipinski definition) is 2. The van der Waals surface area contributed by atoms with Gasteiger partial charge in [0.05, 0.1) is 6.26 Å². The number of rotatable bonds is 1. The molecular weight excluding hydrogens is 138 g/mol. The summed E-state index contributed by atoms with van der Waals surface area (Å²) in [5, 5.41) is 1.07. The van der Waals surface area contributed by atoms with Crippen LogP contribution in [0.5, 0.6) is 0 Å². The Morgan fingerprint density at radius 1 is 1.36 bits per heavy atom. The standard InChI is InChI=1S/C9H9NO/c1-2-8-4-3-7-5-6-11-9(7)10-8/h3-6H,2H2,1H3. The Hall–Kier alpha value is -1.31. The van der Waals surface area contributed by atoms with E-state index in [4.69, 9.17) is 4.42 Å². The van der Waals surface area contributed by atoms with E-state index in [0.717, 1.165) is 23.2 Å². The van der Waals surface area contributed by atoms with Crippen LogP contribution in [0.3, 0.4) is 0 Å². The Kier molecular flexibility index (Phi) is 1.39. The summed E-state index contributed by atoms with van der Waals surface area (Å²) in [5.41, 5.74) is 1.82. The number of nitrogens with zero attached hydrogens (tertiary/aromatic N) is 1. The van der Waals surface area contributed by atoms with E-state index < -0.39 is 0 Å². The van der Waals surface area contributed by atoms with Gasteiger partial charge in [-0.15, -0.1) is 0 Å². The lowest BCUT2D eigenvalue weighted by Crippen LogP contribution is -1.84. The molecule has 0 aliphatic carbocycles. The summed E-state index contributed by atoms with van der Waals surface area (Å²) in [6, 6.07) is 5.98. The van der Waals surface area contributed by atoms with Crippen molar-refractivity contribution >= 4 is 11.1 Å². The zero-order chi connectivity index (χ0) is 7.68. The van der Waals surface area contributed by atoms with Gasteiger partial charge in [-0.2, -0.15) is 0 Å². The van der Waals surface area contributed by atoms with Crippen LogP contribution in [0.15, 0.2) is 28.9 Å². The zero-order valence-electron chi connectivity index (χ0n) is 6.37. The van der Waals surface area contributed by atoms with Gasteiger partial charge in [-0.05, 0) is 24.6 Å². The van der Waals surface area contributed by atoms with Crippen LogP contribution in [-0.2, 0) is 6.42 Å². The number of furan rings is 1. The van der Waals surface area contributed by atoms with Crippen LogP contribution in [0.25, 0.3) is 11.1 Å². The molecule has 0 aliphatic heterocycles. The average Bonchev–Trinajstić information content (AvgIpc) is 2.50. The highest BCUT2D eigenvalue weighted by atomic mass is 16.3. The predicted octanol–water partition coefficient (Wildman–Crippen LogP) is 2.39. The molecule has 0 unspecified atom stereocenters. The Bertz CT molecular complexity index is 364. The van der Waals surface area contributed by atoms with Crippen molar-refractivity contribution in [3.8, 4) is 0 Å². The van der Waals surface area contributed by atoms with Crippen LogP contribution in [0, 0.1) is 0 Å². The molecule has 2 aromatic heterocycles. The highest BCUT2D eigenvalue weighted by Gasteiger charge is 1.97. The third kappa shape index (κ3) is 1.00. The molecule has 0 amide bonds. The van der Waals surface area contributed by atoms with Gasteiger partial charge in [-0.3, -0.25) is 0 Å². The van der Waals surface area contributed by atoms with Gasteiger partial charge < -0.3 is 4.42 Å². The molecule has 2 aromatic rings. The maximum absolute atomic E-state index is 5.15. The molecule has 0 aromatic carbocycles. The first-order valence-corrected chi connectivity index (χ1v) is 3.73. The molecule has 2 nitrogen and oxygen atoms in total. The second-order valence-electron chi connectivity index (χ2n) is 2.47. The van der Waals surface area contributed by atoms with Gasteiger partial charge >= 0.3 is 0 Å². The monoisotopic (exact) mass is 147 g/mol. The highest BCUT2D eigenvalue weighted by molar-refractivity contribution is 5.72. The fourth-order valence-corrected chi connectivity index (χ4v) is 1.08. The second-order valence-corrected chi connectivity index (χ2v) is 2.47. The van der Waals surface area contributed by atoms with Crippen LogP contribution in [0.4, 0.5) is 0 Å². The zero-order valence-corrected chi connectivity index (χ0v) is 6.37. The molecule has 0 fully saturated rings. The molecule has 56 valence electrons. The van der Waals surface area contributed by atoms with Gasteiger partial charge in [0, 0.05) is 11.1 Å². The van der Waals surface area contributed by atoms with Crippen LogP contribution in [0.1, 0.15) is 12.6 Å². The van der Waals surface area contributed by atoms with E-state index in [-0.39, 0.29) is 0 Å². The normalized spacial score (nSPS) is 10.6. The summed E-state index contributed by atoms with van der Waals surface area (Å²) in [5.74, 6) is 0. The number of hydrogen-bond donors (Lipinski definition) is 0. The minimum absolute atomic E-state index is 0.740. The lowest BCUT2D eigenvalue weighted by atomic mass is 10.2. The molecule has 2 heterocycles. The van der Waals surface area contributed by atoms with Crippen molar-refractivity contribution in [1.82, 2.24) is 4.98 Å². The van der Waals surface area contributed by atoms with Crippen LogP contribution in [-0.4, -0.2) is 4.98 Å². The van der Waals surface area contributed by atoms with E-state index in [2.05, 4.69) is 11.9 Å². The third-order valence-corrected chi connectivity index (χ3v) is 1.74. The molecule has 2 rings (SSSR count). The Labute approximate surface area is 64.9 Å². The third-order valence-electron chi connectivity index (χ3n) is 1.74. The van der Waals surface area contributed by atoms with Crippen molar-refractivity contribution in [2.75, 3.05) is 0 Å². The molecule has 11 heavy (non-hydrogen) atoms. The summed E-state index contributed by atoms with van der Waals surface area (Å²) in [6.07, 6.45) is 2.62. The first kappa shape index (κ1) is 6.40. The largest absolute Gasteiger partial charge is 0.446 e. The van der Waals surface area contributed by atoms with E-state index >= 15 is 0 Å². The lowest BCUT2D eigenvalue weighted by Gasteiger charge is -1.92. The van der Waals surface area contributed by atoms with Gasteiger partial charge in [-0.25, -0.2) is 4.98 Å². The number of fused-ring (bicyclic) bond motifs is 1. The number of aromatic nitrogens is 1. The van der Waals surface area contributed by atoms with Crippen molar-refractivity contribution in [1.29, 1.82) is 0 Å². The predicted molar refractivity (Wildman–Crippen MR) is 43.4 cm³/mol. The summed E-state index contributed by atoms with van der Waals surface area (Å²) in [7, 11) is 0. The molecule has 0 spiro atoms. The van der Waals surface area contributed by atoms with E-state index in [1.165, 1.54) is 0 Å². The van der Waals surface area contributed by atoms with E-state index in [1.807, 2.05) is 18.2 Å². The summed E-state index contributed by atoms with van der Waals surface area (Å²) < 4.78 is 5.15.